The molecular formula is C15H13ClFN3O3. The van der Waals surface area contributed by atoms with Gasteiger partial charge in [-0.15, -0.1) is 0 Å². The first-order valence-corrected chi connectivity index (χ1v) is 7.33. The lowest BCUT2D eigenvalue weighted by molar-refractivity contribution is -0.384. The third-order valence-electron chi connectivity index (χ3n) is 3.80. The van der Waals surface area contributed by atoms with Gasteiger partial charge in [0.1, 0.15) is 5.82 Å². The largest absolute Gasteiger partial charge is 0.391 e. The molecule has 6 nitrogen and oxygen atoms in total. The van der Waals surface area contributed by atoms with Gasteiger partial charge in [0.15, 0.2) is 0 Å². The molecule has 1 N–H and O–H groups in total. The summed E-state index contributed by atoms with van der Waals surface area (Å²) in [7, 11) is 0. The molecule has 2 heterocycles. The average Bonchev–Trinajstić information content (AvgIpc) is 2.89. The summed E-state index contributed by atoms with van der Waals surface area (Å²) < 4.78 is 13.5. The van der Waals surface area contributed by atoms with Gasteiger partial charge in [-0.1, -0.05) is 23.7 Å². The Balaban J connectivity index is 2.05. The molecule has 0 saturated carbocycles. The molecule has 1 fully saturated rings. The fraction of sp³-hybridized carbons (Fsp3) is 0.267. The molecule has 23 heavy (non-hydrogen) atoms. The number of pyridine rings is 1. The minimum atomic E-state index is -0.680. The van der Waals surface area contributed by atoms with Crippen LogP contribution in [0.15, 0.2) is 36.5 Å². The number of nitro groups is 1. The van der Waals surface area contributed by atoms with E-state index in [1.54, 1.807) is 17.0 Å². The van der Waals surface area contributed by atoms with Crippen LogP contribution in [0.25, 0.3) is 0 Å². The Hall–Kier alpha value is -2.25. The number of aliphatic hydroxyl groups excluding tert-OH is 1. The van der Waals surface area contributed by atoms with E-state index >= 15 is 0 Å². The summed E-state index contributed by atoms with van der Waals surface area (Å²) in [6.45, 7) is 0.177. The summed E-state index contributed by atoms with van der Waals surface area (Å²) in [4.78, 5) is 16.4. The minimum absolute atomic E-state index is 0.116. The molecule has 0 spiro atoms. The molecule has 0 unspecified atom stereocenters. The van der Waals surface area contributed by atoms with Crippen LogP contribution < -0.4 is 4.90 Å². The van der Waals surface area contributed by atoms with Crippen molar-refractivity contribution in [1.82, 2.24) is 4.98 Å². The molecule has 3 rings (SSSR count). The molecule has 2 atom stereocenters. The van der Waals surface area contributed by atoms with Crippen molar-refractivity contribution in [2.45, 2.75) is 18.6 Å². The highest BCUT2D eigenvalue weighted by molar-refractivity contribution is 6.30. The van der Waals surface area contributed by atoms with E-state index in [9.17, 15) is 19.6 Å². The Morgan fingerprint density at radius 1 is 1.43 bits per heavy atom. The number of aromatic nitrogens is 1. The summed E-state index contributed by atoms with van der Waals surface area (Å²) >= 11 is 5.79. The standard InChI is InChI=1S/C15H13ClFN3O3/c16-10-5-14(20(22)23)15(18-7-10)19-8-12(21)6-13(19)9-2-1-3-11(17)4-9/h1-5,7,12-13,21H,6,8H2/t12-,13+/m0/s1. The van der Waals surface area contributed by atoms with Crippen LogP contribution in [-0.4, -0.2) is 27.7 Å². The molecule has 1 aromatic heterocycles. The summed E-state index contributed by atoms with van der Waals surface area (Å²) in [5.41, 5.74) is 0.389. The molecular weight excluding hydrogens is 325 g/mol. The van der Waals surface area contributed by atoms with E-state index in [4.69, 9.17) is 11.6 Å². The molecule has 0 bridgehead atoms. The highest BCUT2D eigenvalue weighted by Crippen LogP contribution is 2.40. The molecule has 2 aromatic rings. The van der Waals surface area contributed by atoms with Crippen molar-refractivity contribution < 1.29 is 14.4 Å². The molecule has 0 radical (unpaired) electrons. The lowest BCUT2D eigenvalue weighted by Gasteiger charge is -2.25. The van der Waals surface area contributed by atoms with E-state index in [0.29, 0.717) is 12.0 Å². The van der Waals surface area contributed by atoms with Crippen LogP contribution in [0.3, 0.4) is 0 Å². The number of halogens is 2. The van der Waals surface area contributed by atoms with Gasteiger partial charge in [-0.2, -0.15) is 0 Å². The van der Waals surface area contributed by atoms with Gasteiger partial charge < -0.3 is 10.0 Å². The van der Waals surface area contributed by atoms with Crippen molar-refractivity contribution in [3.05, 3.63) is 63.0 Å². The summed E-state index contributed by atoms with van der Waals surface area (Å²) in [6, 6.07) is 6.79. The van der Waals surface area contributed by atoms with Gasteiger partial charge in [-0.25, -0.2) is 9.37 Å². The minimum Gasteiger partial charge on any atom is -0.391 e. The van der Waals surface area contributed by atoms with Crippen LogP contribution in [0.2, 0.25) is 5.02 Å². The van der Waals surface area contributed by atoms with Gasteiger partial charge in [0.25, 0.3) is 0 Å². The summed E-state index contributed by atoms with van der Waals surface area (Å²) in [5, 5.41) is 21.4. The van der Waals surface area contributed by atoms with E-state index < -0.39 is 22.9 Å². The first-order valence-electron chi connectivity index (χ1n) is 6.96. The van der Waals surface area contributed by atoms with Crippen molar-refractivity contribution in [2.24, 2.45) is 0 Å². The number of benzene rings is 1. The maximum Gasteiger partial charge on any atom is 0.313 e. The molecule has 8 heteroatoms. The predicted molar refractivity (Wildman–Crippen MR) is 83.0 cm³/mol. The highest BCUT2D eigenvalue weighted by atomic mass is 35.5. The normalized spacial score (nSPS) is 20.7. The van der Waals surface area contributed by atoms with Crippen LogP contribution in [0.4, 0.5) is 15.9 Å². The zero-order valence-electron chi connectivity index (χ0n) is 11.9. The van der Waals surface area contributed by atoms with E-state index in [-0.39, 0.29) is 23.1 Å². The van der Waals surface area contributed by atoms with Gasteiger partial charge in [-0.05, 0) is 24.1 Å². The summed E-state index contributed by atoms with van der Waals surface area (Å²) in [6.07, 6.45) is 0.975. The Morgan fingerprint density at radius 3 is 2.91 bits per heavy atom. The molecule has 0 amide bonds. The van der Waals surface area contributed by atoms with E-state index in [2.05, 4.69) is 4.98 Å². The second kappa shape index (κ2) is 6.10. The monoisotopic (exact) mass is 337 g/mol. The first-order chi connectivity index (χ1) is 11.0. The molecule has 0 aliphatic carbocycles. The van der Waals surface area contributed by atoms with Crippen LogP contribution in [0, 0.1) is 15.9 Å². The zero-order chi connectivity index (χ0) is 16.6. The number of anilines is 1. The Bertz CT molecular complexity index is 758. The molecule has 1 aromatic carbocycles. The Labute approximate surface area is 136 Å². The third-order valence-corrected chi connectivity index (χ3v) is 4.00. The number of rotatable bonds is 3. The van der Waals surface area contributed by atoms with E-state index in [1.807, 2.05) is 0 Å². The average molecular weight is 338 g/mol. The number of nitrogens with zero attached hydrogens (tertiary/aromatic N) is 3. The lowest BCUT2D eigenvalue weighted by Crippen LogP contribution is -2.26. The molecule has 120 valence electrons. The van der Waals surface area contributed by atoms with Crippen LogP contribution in [0.1, 0.15) is 18.0 Å². The predicted octanol–water partition coefficient (Wildman–Crippen LogP) is 3.09. The molecule has 1 aliphatic heterocycles. The number of hydrogen-bond donors (Lipinski definition) is 1. The number of aliphatic hydroxyl groups is 1. The smallest absolute Gasteiger partial charge is 0.313 e. The second-order valence-corrected chi connectivity index (χ2v) is 5.80. The van der Waals surface area contributed by atoms with Gasteiger partial charge >= 0.3 is 5.69 Å². The van der Waals surface area contributed by atoms with Crippen LogP contribution in [-0.2, 0) is 0 Å². The van der Waals surface area contributed by atoms with Crippen molar-refractivity contribution in [1.29, 1.82) is 0 Å². The van der Waals surface area contributed by atoms with Gasteiger partial charge in [0.2, 0.25) is 5.82 Å². The number of hydrogen-bond acceptors (Lipinski definition) is 5. The van der Waals surface area contributed by atoms with Crippen molar-refractivity contribution in [3.8, 4) is 0 Å². The topological polar surface area (TPSA) is 79.5 Å². The zero-order valence-corrected chi connectivity index (χ0v) is 12.7. The van der Waals surface area contributed by atoms with Crippen LogP contribution >= 0.6 is 11.6 Å². The van der Waals surface area contributed by atoms with Gasteiger partial charge in [0, 0.05) is 18.8 Å². The highest BCUT2D eigenvalue weighted by Gasteiger charge is 2.36. The first kappa shape index (κ1) is 15.6. The maximum absolute atomic E-state index is 13.5. The fourth-order valence-corrected chi connectivity index (χ4v) is 3.01. The Morgan fingerprint density at radius 2 is 2.22 bits per heavy atom. The number of β-amino-alcohol motifs (C(OH)–C–C–N with tert-alkyl or cyclic N) is 1. The summed E-state index contributed by atoms with van der Waals surface area (Å²) in [5.74, 6) is -0.285. The quantitative estimate of drug-likeness (QED) is 0.687. The molecule has 1 saturated heterocycles. The van der Waals surface area contributed by atoms with E-state index in [1.165, 1.54) is 24.4 Å². The van der Waals surface area contributed by atoms with Crippen molar-refractivity contribution >= 4 is 23.1 Å². The van der Waals surface area contributed by atoms with Crippen molar-refractivity contribution in [2.75, 3.05) is 11.4 Å². The third kappa shape index (κ3) is 3.11. The van der Waals surface area contributed by atoms with Crippen LogP contribution in [0.5, 0.6) is 0 Å². The van der Waals surface area contributed by atoms with Gasteiger partial charge in [-0.3, -0.25) is 10.1 Å². The van der Waals surface area contributed by atoms with Crippen molar-refractivity contribution in [3.63, 3.8) is 0 Å². The van der Waals surface area contributed by atoms with E-state index in [0.717, 1.165) is 0 Å². The molecule has 1 aliphatic rings. The fourth-order valence-electron chi connectivity index (χ4n) is 2.85. The second-order valence-electron chi connectivity index (χ2n) is 5.37. The van der Waals surface area contributed by atoms with Gasteiger partial charge in [0.05, 0.1) is 22.1 Å². The maximum atomic E-state index is 13.5. The Kier molecular flexibility index (Phi) is 4.14. The lowest BCUT2D eigenvalue weighted by atomic mass is 10.0. The SMILES string of the molecule is O=[N+]([O-])c1cc(Cl)cnc1N1C[C@@H](O)C[C@@H]1c1cccc(F)c1.